The molecule has 0 aliphatic rings. The number of anilines is 1. The molecule has 0 amide bonds. The van der Waals surface area contributed by atoms with Crippen molar-refractivity contribution in [2.45, 2.75) is 46.3 Å². The fourth-order valence-corrected chi connectivity index (χ4v) is 3.23. The molecular weight excluding hydrogens is 370 g/mol. The lowest BCUT2D eigenvalue weighted by molar-refractivity contribution is -0.0572. The molecule has 0 aliphatic carbocycles. The molecule has 0 spiro atoms. The van der Waals surface area contributed by atoms with Crippen molar-refractivity contribution in [1.29, 1.82) is 0 Å². The van der Waals surface area contributed by atoms with Crippen molar-refractivity contribution >= 4 is 17.3 Å². The molecular formula is C22H38ClN5. The Morgan fingerprint density at radius 3 is 2.61 bits per heavy atom. The topological polar surface area (TPSA) is 33.8 Å². The van der Waals surface area contributed by atoms with E-state index in [0.717, 1.165) is 36.8 Å². The van der Waals surface area contributed by atoms with Crippen LogP contribution in [0.2, 0.25) is 5.02 Å². The zero-order chi connectivity index (χ0) is 21.1. The summed E-state index contributed by atoms with van der Waals surface area (Å²) in [5.74, 6) is 0. The Morgan fingerprint density at radius 2 is 2.04 bits per heavy atom. The molecule has 1 rings (SSSR count). The number of rotatable bonds is 13. The Labute approximate surface area is 177 Å². The van der Waals surface area contributed by atoms with Gasteiger partial charge in [0.1, 0.15) is 0 Å². The van der Waals surface area contributed by atoms with E-state index in [-0.39, 0.29) is 12.2 Å². The summed E-state index contributed by atoms with van der Waals surface area (Å²) < 4.78 is 0. The number of nitrogens with one attached hydrogen (secondary N) is 2. The van der Waals surface area contributed by atoms with Gasteiger partial charge in [-0.3, -0.25) is 4.90 Å². The van der Waals surface area contributed by atoms with Gasteiger partial charge in [-0.05, 0) is 51.9 Å². The van der Waals surface area contributed by atoms with Gasteiger partial charge < -0.3 is 5.32 Å². The van der Waals surface area contributed by atoms with Gasteiger partial charge in [0.25, 0.3) is 0 Å². The van der Waals surface area contributed by atoms with Crippen LogP contribution in [-0.2, 0) is 0 Å². The SMILES string of the molecule is C=CCN(CC)C(C)NN(C)N(C)CCC(Nc1cccc(Cl)c1)/C(C)=C/C. The summed E-state index contributed by atoms with van der Waals surface area (Å²) in [6.45, 7) is 15.2. The number of hydrogen-bond acceptors (Lipinski definition) is 5. The number of hydrogen-bond donors (Lipinski definition) is 2. The first kappa shape index (κ1) is 24.7. The third-order valence-electron chi connectivity index (χ3n) is 5.12. The van der Waals surface area contributed by atoms with Crippen LogP contribution >= 0.6 is 11.6 Å². The van der Waals surface area contributed by atoms with E-state index < -0.39 is 0 Å². The first-order chi connectivity index (χ1) is 13.3. The summed E-state index contributed by atoms with van der Waals surface area (Å²) >= 11 is 6.13. The Bertz CT molecular complexity index is 619. The van der Waals surface area contributed by atoms with Gasteiger partial charge in [0, 0.05) is 43.9 Å². The van der Waals surface area contributed by atoms with E-state index in [1.165, 1.54) is 5.57 Å². The van der Waals surface area contributed by atoms with Crippen molar-refractivity contribution in [1.82, 2.24) is 20.5 Å². The molecule has 0 radical (unpaired) electrons. The van der Waals surface area contributed by atoms with Crippen LogP contribution in [0.4, 0.5) is 5.69 Å². The van der Waals surface area contributed by atoms with E-state index >= 15 is 0 Å². The van der Waals surface area contributed by atoms with Crippen molar-refractivity contribution in [2.24, 2.45) is 0 Å². The number of hydrazine groups is 2. The second kappa shape index (κ2) is 13.0. The van der Waals surface area contributed by atoms with Gasteiger partial charge in [0.05, 0.1) is 6.17 Å². The second-order valence-electron chi connectivity index (χ2n) is 7.11. The lowest BCUT2D eigenvalue weighted by Crippen LogP contribution is -2.55. The molecule has 158 valence electrons. The van der Waals surface area contributed by atoms with Crippen LogP contribution < -0.4 is 10.7 Å². The molecule has 2 atom stereocenters. The highest BCUT2D eigenvalue weighted by molar-refractivity contribution is 6.30. The van der Waals surface area contributed by atoms with E-state index in [0.29, 0.717) is 0 Å². The van der Waals surface area contributed by atoms with E-state index in [1.807, 2.05) is 24.3 Å². The lowest BCUT2D eigenvalue weighted by Gasteiger charge is -2.36. The smallest absolute Gasteiger partial charge is 0.0718 e. The summed E-state index contributed by atoms with van der Waals surface area (Å²) in [5.41, 5.74) is 5.89. The first-order valence-corrected chi connectivity index (χ1v) is 10.4. The zero-order valence-corrected chi connectivity index (χ0v) is 19.1. The molecule has 1 aromatic rings. The lowest BCUT2D eigenvalue weighted by atomic mass is 10.0. The van der Waals surface area contributed by atoms with Crippen LogP contribution in [0.3, 0.4) is 0 Å². The molecule has 5 nitrogen and oxygen atoms in total. The van der Waals surface area contributed by atoms with Gasteiger partial charge >= 0.3 is 0 Å². The highest BCUT2D eigenvalue weighted by atomic mass is 35.5. The predicted molar refractivity (Wildman–Crippen MR) is 123 cm³/mol. The van der Waals surface area contributed by atoms with E-state index in [1.54, 1.807) is 0 Å². The maximum Gasteiger partial charge on any atom is 0.0718 e. The highest BCUT2D eigenvalue weighted by Gasteiger charge is 2.17. The van der Waals surface area contributed by atoms with E-state index in [9.17, 15) is 0 Å². The molecule has 0 saturated carbocycles. The number of allylic oxidation sites excluding steroid dienone is 1. The number of nitrogens with zero attached hydrogens (tertiary/aromatic N) is 3. The third kappa shape index (κ3) is 8.33. The molecule has 0 saturated heterocycles. The minimum absolute atomic E-state index is 0.230. The summed E-state index contributed by atoms with van der Waals surface area (Å²) in [4.78, 5) is 2.32. The average molecular weight is 408 g/mol. The Balaban J connectivity index is 2.64. The molecule has 0 aliphatic heterocycles. The molecule has 0 heterocycles. The number of benzene rings is 1. The fourth-order valence-electron chi connectivity index (χ4n) is 3.04. The molecule has 1 aromatic carbocycles. The average Bonchev–Trinajstić information content (AvgIpc) is 2.68. The van der Waals surface area contributed by atoms with Crippen LogP contribution in [0.25, 0.3) is 0 Å². The fraction of sp³-hybridized carbons (Fsp3) is 0.545. The maximum absolute atomic E-state index is 6.13. The minimum Gasteiger partial charge on any atom is -0.378 e. The molecule has 0 fully saturated rings. The summed E-state index contributed by atoms with van der Waals surface area (Å²) in [6, 6.07) is 8.14. The van der Waals surface area contributed by atoms with Gasteiger partial charge in [0.15, 0.2) is 0 Å². The van der Waals surface area contributed by atoms with Gasteiger partial charge in [-0.15, -0.1) is 6.58 Å². The predicted octanol–water partition coefficient (Wildman–Crippen LogP) is 4.61. The number of halogens is 1. The Hall–Kier alpha value is -1.37. The summed E-state index contributed by atoms with van der Waals surface area (Å²) in [6.07, 6.45) is 5.31. The quantitative estimate of drug-likeness (QED) is 0.283. The molecule has 0 bridgehead atoms. The Kier molecular flexibility index (Phi) is 11.4. The second-order valence-corrected chi connectivity index (χ2v) is 7.55. The Morgan fingerprint density at radius 1 is 1.32 bits per heavy atom. The third-order valence-corrected chi connectivity index (χ3v) is 5.35. The van der Waals surface area contributed by atoms with E-state index in [4.69, 9.17) is 11.6 Å². The van der Waals surface area contributed by atoms with Crippen molar-refractivity contribution in [3.8, 4) is 0 Å². The zero-order valence-electron chi connectivity index (χ0n) is 18.4. The highest BCUT2D eigenvalue weighted by Crippen LogP contribution is 2.19. The molecule has 2 unspecified atom stereocenters. The van der Waals surface area contributed by atoms with E-state index in [2.05, 4.69) is 86.3 Å². The summed E-state index contributed by atoms with van der Waals surface area (Å²) in [5, 5.41) is 8.63. The largest absolute Gasteiger partial charge is 0.378 e. The van der Waals surface area contributed by atoms with Gasteiger partial charge in [-0.25, -0.2) is 10.4 Å². The molecule has 0 aromatic heterocycles. The summed E-state index contributed by atoms with van der Waals surface area (Å²) in [7, 11) is 4.16. The van der Waals surface area contributed by atoms with Crippen LogP contribution in [0.15, 0.2) is 48.6 Å². The van der Waals surface area contributed by atoms with Gasteiger partial charge in [-0.1, -0.05) is 42.3 Å². The van der Waals surface area contributed by atoms with Crippen molar-refractivity contribution in [2.75, 3.05) is 39.0 Å². The molecule has 28 heavy (non-hydrogen) atoms. The normalized spacial score (nSPS) is 14.6. The van der Waals surface area contributed by atoms with Crippen LogP contribution in [0, 0.1) is 0 Å². The minimum atomic E-state index is 0.230. The van der Waals surface area contributed by atoms with Crippen molar-refractivity contribution in [3.05, 3.63) is 53.6 Å². The van der Waals surface area contributed by atoms with Gasteiger partial charge in [0.2, 0.25) is 0 Å². The standard InChI is InChI=1S/C22H38ClN5/c1-8-15-28(10-3)19(5)25-27(7)26(6)16-14-22(18(4)9-2)24-21-13-11-12-20(23)17-21/h8-9,11-13,17,19,22,24-25H,1,10,14-16H2,2-7H3/b18-9+. The van der Waals surface area contributed by atoms with Crippen LogP contribution in [0.1, 0.15) is 34.1 Å². The van der Waals surface area contributed by atoms with Crippen LogP contribution in [-0.4, -0.2) is 61.0 Å². The maximum atomic E-state index is 6.13. The van der Waals surface area contributed by atoms with Crippen LogP contribution in [0.5, 0.6) is 0 Å². The molecule has 6 heteroatoms. The number of likely N-dealkylation sites (N-methyl/N-ethyl adjacent to an activating group) is 1. The van der Waals surface area contributed by atoms with Crippen molar-refractivity contribution in [3.63, 3.8) is 0 Å². The van der Waals surface area contributed by atoms with Gasteiger partial charge in [-0.2, -0.15) is 5.12 Å². The molecule has 2 N–H and O–H groups in total. The first-order valence-electron chi connectivity index (χ1n) is 10.0. The monoisotopic (exact) mass is 407 g/mol. The van der Waals surface area contributed by atoms with Crippen molar-refractivity contribution < 1.29 is 0 Å².